The Bertz CT molecular complexity index is 731. The van der Waals surface area contributed by atoms with Crippen molar-refractivity contribution >= 4 is 23.5 Å². The van der Waals surface area contributed by atoms with Gasteiger partial charge in [0.2, 0.25) is 0 Å². The van der Waals surface area contributed by atoms with Gasteiger partial charge in [0, 0.05) is 0 Å². The second kappa shape index (κ2) is 8.33. The van der Waals surface area contributed by atoms with Crippen LogP contribution in [-0.4, -0.2) is 31.0 Å². The van der Waals surface area contributed by atoms with Gasteiger partial charge in [-0.2, -0.15) is 0 Å². The molecule has 2 rings (SSSR count). The fourth-order valence-electron chi connectivity index (χ4n) is 1.84. The number of anilines is 1. The van der Waals surface area contributed by atoms with Crippen molar-refractivity contribution in [3.8, 4) is 5.75 Å². The first-order valence-electron chi connectivity index (χ1n) is 7.08. The minimum absolute atomic E-state index is 0.171. The molecular formula is C17H16N2O5. The van der Waals surface area contributed by atoms with Crippen LogP contribution in [0.4, 0.5) is 5.69 Å². The van der Waals surface area contributed by atoms with E-state index in [4.69, 9.17) is 15.2 Å². The standard InChI is InChI=1S/C17H16N2O5/c18-17(22)13-8-4-5-9-14(13)19-15(20)10-24-16(21)11-23-12-6-2-1-3-7-12/h1-9H,10-11H2,(H2,18,22)(H,19,20). The number of hydrogen-bond donors (Lipinski definition) is 2. The SMILES string of the molecule is NC(=O)c1ccccc1NC(=O)COC(=O)COc1ccccc1. The summed E-state index contributed by atoms with van der Waals surface area (Å²) in [6.07, 6.45) is 0. The van der Waals surface area contributed by atoms with Gasteiger partial charge in [0.25, 0.3) is 11.8 Å². The molecule has 0 bridgehead atoms. The van der Waals surface area contributed by atoms with Gasteiger partial charge < -0.3 is 20.5 Å². The molecule has 2 aromatic carbocycles. The lowest BCUT2D eigenvalue weighted by Gasteiger charge is -2.09. The number of carbonyl (C=O) groups excluding carboxylic acids is 3. The zero-order chi connectivity index (χ0) is 17.4. The number of amides is 2. The number of benzene rings is 2. The van der Waals surface area contributed by atoms with E-state index in [1.165, 1.54) is 12.1 Å². The predicted octanol–water partition coefficient (Wildman–Crippen LogP) is 1.35. The summed E-state index contributed by atoms with van der Waals surface area (Å²) >= 11 is 0. The third-order valence-corrected chi connectivity index (χ3v) is 2.93. The van der Waals surface area contributed by atoms with Gasteiger partial charge in [-0.05, 0) is 24.3 Å². The second-order valence-corrected chi connectivity index (χ2v) is 4.72. The molecule has 3 N–H and O–H groups in total. The van der Waals surface area contributed by atoms with Crippen LogP contribution in [0.25, 0.3) is 0 Å². The van der Waals surface area contributed by atoms with Crippen LogP contribution in [0, 0.1) is 0 Å². The van der Waals surface area contributed by atoms with Gasteiger partial charge in [0.1, 0.15) is 5.75 Å². The summed E-state index contributed by atoms with van der Waals surface area (Å²) in [6.45, 7) is -0.806. The molecule has 7 nitrogen and oxygen atoms in total. The Kier molecular flexibility index (Phi) is 5.90. The molecule has 0 heterocycles. The molecule has 24 heavy (non-hydrogen) atoms. The summed E-state index contributed by atoms with van der Waals surface area (Å²) in [5, 5.41) is 2.46. The molecule has 0 unspecified atom stereocenters. The number of carbonyl (C=O) groups is 3. The zero-order valence-electron chi connectivity index (χ0n) is 12.7. The summed E-state index contributed by atoms with van der Waals surface area (Å²) in [5.41, 5.74) is 5.64. The van der Waals surface area contributed by atoms with Crippen LogP contribution in [0.5, 0.6) is 5.75 Å². The molecule has 0 atom stereocenters. The molecule has 2 aromatic rings. The van der Waals surface area contributed by atoms with Gasteiger partial charge in [-0.15, -0.1) is 0 Å². The molecular weight excluding hydrogens is 312 g/mol. The number of para-hydroxylation sites is 2. The van der Waals surface area contributed by atoms with Crippen molar-refractivity contribution in [1.29, 1.82) is 0 Å². The molecule has 0 saturated carbocycles. The number of hydrogen-bond acceptors (Lipinski definition) is 5. The van der Waals surface area contributed by atoms with Crippen LogP contribution >= 0.6 is 0 Å². The highest BCUT2D eigenvalue weighted by Crippen LogP contribution is 2.14. The molecule has 0 aliphatic carbocycles. The molecule has 0 aromatic heterocycles. The molecule has 2 amide bonds. The number of primary amides is 1. The van der Waals surface area contributed by atoms with Gasteiger partial charge >= 0.3 is 5.97 Å². The summed E-state index contributed by atoms with van der Waals surface area (Å²) in [7, 11) is 0. The average Bonchev–Trinajstić information content (AvgIpc) is 2.59. The van der Waals surface area contributed by atoms with Crippen LogP contribution in [0.1, 0.15) is 10.4 Å². The van der Waals surface area contributed by atoms with Crippen molar-refractivity contribution in [2.24, 2.45) is 5.73 Å². The summed E-state index contributed by atoms with van der Waals surface area (Å²) in [5.74, 6) is -1.41. The van der Waals surface area contributed by atoms with Crippen LogP contribution in [0.2, 0.25) is 0 Å². The number of rotatable bonds is 7. The summed E-state index contributed by atoms with van der Waals surface area (Å²) < 4.78 is 10.0. The highest BCUT2D eigenvalue weighted by Gasteiger charge is 2.12. The minimum Gasteiger partial charge on any atom is -0.482 e. The second-order valence-electron chi connectivity index (χ2n) is 4.72. The zero-order valence-corrected chi connectivity index (χ0v) is 12.7. The fourth-order valence-corrected chi connectivity index (χ4v) is 1.84. The van der Waals surface area contributed by atoms with Crippen molar-refractivity contribution in [3.63, 3.8) is 0 Å². The lowest BCUT2D eigenvalue weighted by atomic mass is 10.1. The molecule has 0 fully saturated rings. The van der Waals surface area contributed by atoms with E-state index in [1.54, 1.807) is 36.4 Å². The minimum atomic E-state index is -0.683. The van der Waals surface area contributed by atoms with Gasteiger partial charge in [0.15, 0.2) is 13.2 Å². The van der Waals surface area contributed by atoms with E-state index in [2.05, 4.69) is 5.32 Å². The van der Waals surface area contributed by atoms with E-state index in [0.29, 0.717) is 5.75 Å². The monoisotopic (exact) mass is 328 g/mol. The Labute approximate surface area is 138 Å². The number of nitrogens with two attached hydrogens (primary N) is 1. The lowest BCUT2D eigenvalue weighted by molar-refractivity contribution is -0.149. The molecule has 0 saturated heterocycles. The van der Waals surface area contributed by atoms with E-state index in [0.717, 1.165) is 0 Å². The quantitative estimate of drug-likeness (QED) is 0.746. The Morgan fingerprint density at radius 2 is 1.58 bits per heavy atom. The Hall–Kier alpha value is -3.35. The normalized spacial score (nSPS) is 9.83. The number of nitrogens with one attached hydrogen (secondary N) is 1. The maximum absolute atomic E-state index is 11.8. The van der Waals surface area contributed by atoms with Crippen LogP contribution in [-0.2, 0) is 14.3 Å². The number of ether oxygens (including phenoxy) is 2. The van der Waals surface area contributed by atoms with E-state index in [1.807, 2.05) is 6.07 Å². The van der Waals surface area contributed by atoms with E-state index in [-0.39, 0.29) is 17.9 Å². The van der Waals surface area contributed by atoms with Crippen molar-refractivity contribution in [2.45, 2.75) is 0 Å². The van der Waals surface area contributed by atoms with Crippen molar-refractivity contribution in [2.75, 3.05) is 18.5 Å². The van der Waals surface area contributed by atoms with Crippen LogP contribution in [0.15, 0.2) is 54.6 Å². The lowest BCUT2D eigenvalue weighted by Crippen LogP contribution is -2.25. The van der Waals surface area contributed by atoms with E-state index < -0.39 is 24.4 Å². The highest BCUT2D eigenvalue weighted by molar-refractivity contribution is 6.03. The topological polar surface area (TPSA) is 108 Å². The van der Waals surface area contributed by atoms with Gasteiger partial charge in [-0.3, -0.25) is 9.59 Å². The first kappa shape index (κ1) is 17.0. The van der Waals surface area contributed by atoms with Gasteiger partial charge in [-0.1, -0.05) is 30.3 Å². The molecule has 7 heteroatoms. The Morgan fingerprint density at radius 1 is 0.917 bits per heavy atom. The predicted molar refractivity (Wildman–Crippen MR) is 86.5 cm³/mol. The smallest absolute Gasteiger partial charge is 0.344 e. The molecule has 0 aliphatic heterocycles. The maximum atomic E-state index is 11.8. The van der Waals surface area contributed by atoms with Gasteiger partial charge in [0.05, 0.1) is 11.3 Å². The molecule has 124 valence electrons. The van der Waals surface area contributed by atoms with E-state index >= 15 is 0 Å². The third-order valence-electron chi connectivity index (χ3n) is 2.93. The average molecular weight is 328 g/mol. The van der Waals surface area contributed by atoms with Crippen molar-refractivity contribution < 1.29 is 23.9 Å². The third kappa shape index (κ3) is 5.13. The first-order valence-corrected chi connectivity index (χ1v) is 7.08. The first-order chi connectivity index (χ1) is 11.6. The van der Waals surface area contributed by atoms with Crippen molar-refractivity contribution in [3.05, 3.63) is 60.2 Å². The summed E-state index contributed by atoms with van der Waals surface area (Å²) in [6, 6.07) is 15.0. The maximum Gasteiger partial charge on any atom is 0.344 e. The van der Waals surface area contributed by atoms with E-state index in [9.17, 15) is 14.4 Å². The molecule has 0 radical (unpaired) electrons. The van der Waals surface area contributed by atoms with Gasteiger partial charge in [-0.25, -0.2) is 4.79 Å². The van der Waals surface area contributed by atoms with Crippen molar-refractivity contribution in [1.82, 2.24) is 0 Å². The van der Waals surface area contributed by atoms with Crippen LogP contribution in [0.3, 0.4) is 0 Å². The summed E-state index contributed by atoms with van der Waals surface area (Å²) in [4.78, 5) is 34.6. The number of esters is 1. The highest BCUT2D eigenvalue weighted by atomic mass is 16.6. The van der Waals surface area contributed by atoms with Crippen LogP contribution < -0.4 is 15.8 Å². The Balaban J connectivity index is 1.79. The fraction of sp³-hybridized carbons (Fsp3) is 0.118. The molecule has 0 aliphatic rings. The largest absolute Gasteiger partial charge is 0.482 e. The molecule has 0 spiro atoms. The Morgan fingerprint density at radius 3 is 2.29 bits per heavy atom.